The molecule has 0 aromatic rings. The van der Waals surface area contributed by atoms with Gasteiger partial charge in [-0.05, 0) is 25.2 Å². The molecule has 112 valence electrons. The van der Waals surface area contributed by atoms with Crippen molar-refractivity contribution < 1.29 is 88.8 Å². The number of rotatable bonds is 7. The van der Waals surface area contributed by atoms with Crippen molar-refractivity contribution in [2.45, 2.75) is 45.2 Å². The van der Waals surface area contributed by atoms with Crippen LogP contribution in [-0.4, -0.2) is 35.1 Å². The summed E-state index contributed by atoms with van der Waals surface area (Å²) < 4.78 is 0. The van der Waals surface area contributed by atoms with Crippen LogP contribution in [0.2, 0.25) is 0 Å². The van der Waals surface area contributed by atoms with Crippen LogP contribution in [0.1, 0.15) is 33.1 Å². The molecule has 0 heterocycles. The van der Waals surface area contributed by atoms with E-state index in [0.29, 0.717) is 12.3 Å². The van der Waals surface area contributed by atoms with E-state index in [0.717, 1.165) is 0 Å². The topological polar surface area (TPSA) is 170 Å². The molecule has 0 radical (unpaired) electrons. The molecule has 0 rings (SSSR count). The third-order valence-electron chi connectivity index (χ3n) is 2.00. The molecule has 0 saturated carbocycles. The van der Waals surface area contributed by atoms with Crippen molar-refractivity contribution in [3.8, 4) is 0 Å². The van der Waals surface area contributed by atoms with Crippen LogP contribution in [0.4, 0.5) is 0 Å². The van der Waals surface area contributed by atoms with Gasteiger partial charge in [-0.1, -0.05) is 13.8 Å². The van der Waals surface area contributed by atoms with Crippen LogP contribution in [0.15, 0.2) is 0 Å². The molecule has 0 aliphatic rings. The van der Waals surface area contributed by atoms with E-state index in [2.05, 4.69) is 0 Å². The normalized spacial score (nSPS) is 11.9. The first-order valence-corrected chi connectivity index (χ1v) is 5.72. The second-order valence-corrected chi connectivity index (χ2v) is 4.41. The van der Waals surface area contributed by atoms with Gasteiger partial charge < -0.3 is 36.4 Å². The third-order valence-corrected chi connectivity index (χ3v) is 2.00. The van der Waals surface area contributed by atoms with Gasteiger partial charge in [0.1, 0.15) is 6.04 Å². The standard InChI is InChI=1S/C6H13NO2.C5H9NO4.2Na/c1-4(2)3-5(7)6(8)9;6-3(5(9)10)1-2-4(7)8;;/h4-5H,3,7H2,1-2H3,(H,8,9);3H,1-2,6H2,(H,7,8)(H,9,10);;/q;;2*+1/p-2. The molecule has 0 aromatic heterocycles. The van der Waals surface area contributed by atoms with E-state index >= 15 is 0 Å². The van der Waals surface area contributed by atoms with Crippen molar-refractivity contribution in [2.24, 2.45) is 17.4 Å². The molecule has 0 aromatic carbocycles. The number of carbonyl (C=O) groups is 3. The minimum absolute atomic E-state index is 0. The van der Waals surface area contributed by atoms with Gasteiger partial charge in [-0.2, -0.15) is 0 Å². The Morgan fingerprint density at radius 2 is 1.48 bits per heavy atom. The van der Waals surface area contributed by atoms with E-state index < -0.39 is 30.0 Å². The van der Waals surface area contributed by atoms with E-state index in [1.165, 1.54) is 0 Å². The summed E-state index contributed by atoms with van der Waals surface area (Å²) in [6, 6.07) is -1.90. The Bertz CT molecular complexity index is 315. The fraction of sp³-hybridized carbons (Fsp3) is 0.727. The first-order chi connectivity index (χ1) is 8.57. The summed E-state index contributed by atoms with van der Waals surface area (Å²) in [5, 5.41) is 27.9. The van der Waals surface area contributed by atoms with Crippen molar-refractivity contribution in [1.82, 2.24) is 0 Å². The van der Waals surface area contributed by atoms with E-state index in [9.17, 15) is 24.6 Å². The maximum atomic E-state index is 10.1. The number of hydrogen-bond donors (Lipinski definition) is 3. The molecule has 0 aliphatic heterocycles. The molecule has 0 fully saturated rings. The average molecular weight is 322 g/mol. The fourth-order valence-electron chi connectivity index (χ4n) is 1.000. The van der Waals surface area contributed by atoms with Crippen molar-refractivity contribution in [3.05, 3.63) is 0 Å². The average Bonchev–Trinajstić information content (AvgIpc) is 2.25. The molecular formula is C11H20N2Na2O6. The van der Waals surface area contributed by atoms with Gasteiger partial charge in [0.2, 0.25) is 0 Å². The maximum Gasteiger partial charge on any atom is 1.00 e. The summed E-state index contributed by atoms with van der Waals surface area (Å²) in [7, 11) is 0. The molecule has 8 nitrogen and oxygen atoms in total. The summed E-state index contributed by atoms with van der Waals surface area (Å²) in [5.41, 5.74) is 10.1. The Balaban J connectivity index is -0.000000126. The number of carboxylic acids is 3. The Morgan fingerprint density at radius 1 is 1.05 bits per heavy atom. The Kier molecular flexibility index (Phi) is 23.3. The summed E-state index contributed by atoms with van der Waals surface area (Å²) in [6.07, 6.45) is 0.0507. The maximum absolute atomic E-state index is 10.1. The number of hydrogen-bond acceptors (Lipinski definition) is 7. The summed E-state index contributed by atoms with van der Waals surface area (Å²) >= 11 is 0. The second-order valence-electron chi connectivity index (χ2n) is 4.41. The van der Waals surface area contributed by atoms with Crippen molar-refractivity contribution in [3.63, 3.8) is 0 Å². The monoisotopic (exact) mass is 322 g/mol. The molecule has 0 aliphatic carbocycles. The van der Waals surface area contributed by atoms with Crippen LogP contribution in [0.3, 0.4) is 0 Å². The van der Waals surface area contributed by atoms with Crippen LogP contribution in [-0.2, 0) is 14.4 Å². The fourth-order valence-corrected chi connectivity index (χ4v) is 1.000. The molecule has 2 unspecified atom stereocenters. The van der Waals surface area contributed by atoms with E-state index in [-0.39, 0.29) is 72.0 Å². The zero-order valence-corrected chi connectivity index (χ0v) is 17.0. The van der Waals surface area contributed by atoms with Crippen molar-refractivity contribution >= 4 is 17.9 Å². The molecule has 0 bridgehead atoms. The van der Waals surface area contributed by atoms with Gasteiger partial charge in [-0.25, -0.2) is 0 Å². The Morgan fingerprint density at radius 3 is 1.67 bits per heavy atom. The van der Waals surface area contributed by atoms with Gasteiger partial charge in [0.15, 0.2) is 0 Å². The zero-order valence-electron chi connectivity index (χ0n) is 13.0. The summed E-state index contributed by atoms with van der Waals surface area (Å²) in [6.45, 7) is 3.89. The predicted molar refractivity (Wildman–Crippen MR) is 62.3 cm³/mol. The van der Waals surface area contributed by atoms with Gasteiger partial charge in [0, 0.05) is 12.0 Å². The molecule has 5 N–H and O–H groups in total. The first kappa shape index (κ1) is 29.4. The Labute approximate surface area is 168 Å². The SMILES string of the molecule is CC(C)CC(N)C(=O)O.NC(CCC(=O)[O-])C(=O)[O-].[Na+].[Na+]. The number of aliphatic carboxylic acids is 3. The zero-order chi connectivity index (χ0) is 15.6. The molecule has 10 heteroatoms. The van der Waals surface area contributed by atoms with E-state index in [1.54, 1.807) is 0 Å². The molecule has 0 spiro atoms. The Hall–Kier alpha value is 0.330. The minimum Gasteiger partial charge on any atom is -0.550 e. The van der Waals surface area contributed by atoms with E-state index in [4.69, 9.17) is 16.6 Å². The predicted octanol–water partition coefficient (Wildman–Crippen LogP) is -8.95. The number of carbonyl (C=O) groups excluding carboxylic acids is 2. The minimum atomic E-state index is -1.44. The van der Waals surface area contributed by atoms with Crippen molar-refractivity contribution in [1.29, 1.82) is 0 Å². The van der Waals surface area contributed by atoms with Crippen LogP contribution in [0, 0.1) is 5.92 Å². The van der Waals surface area contributed by atoms with Gasteiger partial charge in [-0.15, -0.1) is 0 Å². The quantitative estimate of drug-likeness (QED) is 0.388. The largest absolute Gasteiger partial charge is 1.00 e. The molecule has 0 saturated heterocycles. The summed E-state index contributed by atoms with van der Waals surface area (Å²) in [4.78, 5) is 29.7. The van der Waals surface area contributed by atoms with Gasteiger partial charge in [-0.3, -0.25) is 4.79 Å². The molecule has 2 atom stereocenters. The van der Waals surface area contributed by atoms with Crippen LogP contribution >= 0.6 is 0 Å². The smallest absolute Gasteiger partial charge is 0.550 e. The number of carboxylic acid groups (broad SMARTS) is 3. The van der Waals surface area contributed by atoms with Crippen LogP contribution in [0.5, 0.6) is 0 Å². The van der Waals surface area contributed by atoms with Gasteiger partial charge in [0.05, 0.1) is 5.97 Å². The molecular weight excluding hydrogens is 302 g/mol. The van der Waals surface area contributed by atoms with Crippen LogP contribution < -0.4 is 80.8 Å². The third kappa shape index (κ3) is 22.7. The van der Waals surface area contributed by atoms with Crippen molar-refractivity contribution in [2.75, 3.05) is 0 Å². The first-order valence-electron chi connectivity index (χ1n) is 5.72. The van der Waals surface area contributed by atoms with Gasteiger partial charge >= 0.3 is 65.1 Å². The summed E-state index contributed by atoms with van der Waals surface area (Å²) in [5.74, 6) is -3.31. The molecule has 0 amide bonds. The van der Waals surface area contributed by atoms with Gasteiger partial charge in [0.25, 0.3) is 0 Å². The molecule has 21 heavy (non-hydrogen) atoms. The van der Waals surface area contributed by atoms with E-state index in [1.807, 2.05) is 13.8 Å². The second kappa shape index (κ2) is 16.7. The van der Waals surface area contributed by atoms with Crippen LogP contribution in [0.25, 0.3) is 0 Å². The number of nitrogens with two attached hydrogens (primary N) is 2.